The van der Waals surface area contributed by atoms with Gasteiger partial charge in [0.05, 0.1) is 17.6 Å². The van der Waals surface area contributed by atoms with E-state index in [1.54, 1.807) is 6.92 Å². The van der Waals surface area contributed by atoms with Crippen molar-refractivity contribution in [2.24, 2.45) is 0 Å². The number of benzene rings is 2. The van der Waals surface area contributed by atoms with E-state index in [0.29, 0.717) is 17.2 Å². The van der Waals surface area contributed by atoms with Crippen LogP contribution in [0.15, 0.2) is 70.6 Å². The average Bonchev–Trinajstić information content (AvgIpc) is 3.56. The molecule has 4 rings (SSSR count). The van der Waals surface area contributed by atoms with Crippen LogP contribution in [0.2, 0.25) is 0 Å². The molecular formula is C33H41N5O7S. The highest BCUT2D eigenvalue weighted by atomic mass is 32.2. The van der Waals surface area contributed by atoms with Crippen molar-refractivity contribution < 1.29 is 33.6 Å². The molecule has 246 valence electrons. The van der Waals surface area contributed by atoms with Crippen LogP contribution in [0.4, 0.5) is 4.79 Å². The number of likely N-dealkylation sites (N-methyl/N-ethyl adjacent to an activating group) is 1. The Hall–Kier alpha value is -4.75. The van der Waals surface area contributed by atoms with E-state index in [4.69, 9.17) is 4.52 Å². The minimum absolute atomic E-state index is 0.00760. The number of nitrogens with one attached hydrogen (secondary N) is 3. The number of aliphatic hydroxyl groups excluding tert-OH is 1. The first-order chi connectivity index (χ1) is 21.7. The lowest BCUT2D eigenvalue weighted by Gasteiger charge is -2.20. The number of hydrogen-bond donors (Lipinski definition) is 4. The third kappa shape index (κ3) is 12.3. The minimum Gasteiger partial charge on any atom is -0.391 e. The minimum atomic E-state index is -1.24. The second kappa shape index (κ2) is 18.3. The fourth-order valence-electron chi connectivity index (χ4n) is 3.76. The molecule has 1 saturated heterocycles. The van der Waals surface area contributed by atoms with Crippen LogP contribution in [-0.4, -0.2) is 69.8 Å². The van der Waals surface area contributed by atoms with Crippen LogP contribution in [0.5, 0.6) is 0 Å². The summed E-state index contributed by atoms with van der Waals surface area (Å²) in [4.78, 5) is 58.9. The molecule has 1 aromatic heterocycles. The van der Waals surface area contributed by atoms with Crippen LogP contribution in [0.1, 0.15) is 52.3 Å². The molecule has 2 heterocycles. The van der Waals surface area contributed by atoms with Gasteiger partial charge in [-0.05, 0) is 57.0 Å². The van der Waals surface area contributed by atoms with Crippen molar-refractivity contribution in [3.05, 3.63) is 99.8 Å². The van der Waals surface area contributed by atoms with Crippen LogP contribution >= 0.6 is 11.8 Å². The van der Waals surface area contributed by atoms with Gasteiger partial charge in [0, 0.05) is 19.7 Å². The van der Waals surface area contributed by atoms with E-state index in [9.17, 15) is 29.1 Å². The molecule has 0 spiro atoms. The number of carbonyl (C=O) groups is 5. The van der Waals surface area contributed by atoms with Gasteiger partial charge in [-0.1, -0.05) is 78.3 Å². The first kappa shape index (κ1) is 37.4. The Morgan fingerprint density at radius 2 is 1.67 bits per heavy atom. The third-order valence-electron chi connectivity index (χ3n) is 6.46. The van der Waals surface area contributed by atoms with Crippen LogP contribution in [0.3, 0.4) is 0 Å². The van der Waals surface area contributed by atoms with E-state index in [-0.39, 0.29) is 23.4 Å². The molecule has 1 aliphatic rings. The van der Waals surface area contributed by atoms with E-state index >= 15 is 0 Å². The van der Waals surface area contributed by atoms with E-state index < -0.39 is 29.9 Å². The van der Waals surface area contributed by atoms with Gasteiger partial charge >= 0.3 is 0 Å². The van der Waals surface area contributed by atoms with Gasteiger partial charge in [0.15, 0.2) is 5.69 Å². The predicted octanol–water partition coefficient (Wildman–Crippen LogP) is 3.59. The molecule has 3 aromatic rings. The van der Waals surface area contributed by atoms with Gasteiger partial charge in [0.1, 0.15) is 11.8 Å². The Bertz CT molecular complexity index is 1540. The number of imide groups is 1. The molecule has 0 bridgehead atoms. The first-order valence-electron chi connectivity index (χ1n) is 14.5. The van der Waals surface area contributed by atoms with Crippen molar-refractivity contribution in [3.63, 3.8) is 0 Å². The lowest BCUT2D eigenvalue weighted by Crippen LogP contribution is -2.53. The largest absolute Gasteiger partial charge is 0.391 e. The Labute approximate surface area is 273 Å². The number of aromatic nitrogens is 1. The Kier molecular flexibility index (Phi) is 14.9. The summed E-state index contributed by atoms with van der Waals surface area (Å²) in [5, 5.41) is 20.6. The van der Waals surface area contributed by atoms with Gasteiger partial charge in [-0.15, -0.1) is 0 Å². The quantitative estimate of drug-likeness (QED) is 0.253. The number of hydrogen-bond acceptors (Lipinski definition) is 9. The fraction of sp³-hybridized carbons (Fsp3) is 0.333. The zero-order valence-corrected chi connectivity index (χ0v) is 27.7. The average molecular weight is 652 g/mol. The van der Waals surface area contributed by atoms with Gasteiger partial charge < -0.3 is 25.6 Å². The van der Waals surface area contributed by atoms with Crippen molar-refractivity contribution in [1.29, 1.82) is 0 Å². The SMILES string of the molecule is C=C1SC(=O)N(C)C1=O.CCc1cccc(C)c1.Cc1ccc(CNC(=O)CNC(=O)C(NC(=O)c2cc(C)on2)[C@@H](C)O)cc1. The maximum atomic E-state index is 12.3. The zero-order chi connectivity index (χ0) is 34.4. The molecule has 1 aliphatic heterocycles. The summed E-state index contributed by atoms with van der Waals surface area (Å²) in [5.74, 6) is -1.59. The van der Waals surface area contributed by atoms with Gasteiger partial charge in [-0.25, -0.2) is 0 Å². The number of amides is 5. The molecule has 4 N–H and O–H groups in total. The standard InChI is InChI=1S/C19H24N4O5.C9H12.C5H5NO2S/c1-11-4-6-14(7-5-11)9-20-16(25)10-21-19(27)17(13(3)24)22-18(26)15-8-12(2)28-23-15;1-3-9-6-4-5-8(2)7-9;1-3-4(7)6(2)5(8)9-3/h4-8,13,17,24H,9-10H2,1-3H3,(H,20,25)(H,21,27)(H,22,26);4-7H,3H2,1-2H3;1H2,2H3/t13-,17?;;/m1../s1. The number of nitrogens with zero attached hydrogens (tertiary/aromatic N) is 2. The van der Waals surface area contributed by atoms with Gasteiger partial charge in [0.2, 0.25) is 11.8 Å². The monoisotopic (exact) mass is 651 g/mol. The second-order valence-electron chi connectivity index (χ2n) is 10.5. The van der Waals surface area contributed by atoms with Crippen LogP contribution < -0.4 is 16.0 Å². The molecule has 13 heteroatoms. The number of thioether (sulfide) groups is 1. The topological polar surface area (TPSA) is 171 Å². The highest BCUT2D eigenvalue weighted by Gasteiger charge is 2.30. The molecule has 2 aromatic carbocycles. The van der Waals surface area contributed by atoms with Crippen LogP contribution in [0, 0.1) is 20.8 Å². The lowest BCUT2D eigenvalue weighted by atomic mass is 10.1. The highest BCUT2D eigenvalue weighted by Crippen LogP contribution is 2.26. The molecule has 5 amide bonds. The summed E-state index contributed by atoms with van der Waals surface area (Å²) in [6.45, 7) is 12.7. The van der Waals surface area contributed by atoms with E-state index in [1.807, 2.05) is 31.2 Å². The zero-order valence-electron chi connectivity index (χ0n) is 26.9. The van der Waals surface area contributed by atoms with Gasteiger partial charge in [-0.3, -0.25) is 28.9 Å². The molecule has 12 nitrogen and oxygen atoms in total. The second-order valence-corrected chi connectivity index (χ2v) is 11.5. The number of aryl methyl sites for hydroxylation is 4. The summed E-state index contributed by atoms with van der Waals surface area (Å²) in [5.41, 5.74) is 4.83. The smallest absolute Gasteiger partial charge is 0.293 e. The lowest BCUT2D eigenvalue weighted by molar-refractivity contribution is -0.128. The summed E-state index contributed by atoms with van der Waals surface area (Å²) in [6, 6.07) is 16.5. The Morgan fingerprint density at radius 3 is 2.13 bits per heavy atom. The third-order valence-corrected chi connectivity index (χ3v) is 7.33. The number of aliphatic hydroxyl groups is 1. The molecule has 0 aliphatic carbocycles. The van der Waals surface area contributed by atoms with Gasteiger partial charge in [-0.2, -0.15) is 0 Å². The highest BCUT2D eigenvalue weighted by molar-refractivity contribution is 8.18. The van der Waals surface area contributed by atoms with Crippen molar-refractivity contribution in [3.8, 4) is 0 Å². The summed E-state index contributed by atoms with van der Waals surface area (Å²) < 4.78 is 4.81. The maximum Gasteiger partial charge on any atom is 0.293 e. The molecule has 46 heavy (non-hydrogen) atoms. The molecule has 0 radical (unpaired) electrons. The van der Waals surface area contributed by atoms with Crippen molar-refractivity contribution in [2.75, 3.05) is 13.6 Å². The van der Waals surface area contributed by atoms with Crippen LogP contribution in [0.25, 0.3) is 0 Å². The van der Waals surface area contributed by atoms with E-state index in [2.05, 4.69) is 65.8 Å². The summed E-state index contributed by atoms with van der Waals surface area (Å²) in [6.07, 6.45) is -0.0330. The fourth-order valence-corrected chi connectivity index (χ4v) is 4.41. The van der Waals surface area contributed by atoms with E-state index in [1.165, 1.54) is 31.2 Å². The first-order valence-corrected chi connectivity index (χ1v) is 15.3. The molecule has 0 saturated carbocycles. The van der Waals surface area contributed by atoms with Crippen LogP contribution in [-0.2, 0) is 27.3 Å². The number of carbonyl (C=O) groups excluding carboxylic acids is 5. The predicted molar refractivity (Wildman–Crippen MR) is 176 cm³/mol. The Balaban J connectivity index is 0.000000329. The molecule has 1 unspecified atom stereocenters. The molecule has 2 atom stereocenters. The van der Waals surface area contributed by atoms with Crippen molar-refractivity contribution in [2.45, 2.75) is 59.7 Å². The normalized spacial score (nSPS) is 13.5. The Morgan fingerprint density at radius 1 is 1.00 bits per heavy atom. The van der Waals surface area contributed by atoms with Crippen molar-refractivity contribution in [1.82, 2.24) is 26.0 Å². The molecular weight excluding hydrogens is 610 g/mol. The number of rotatable bonds is 9. The maximum absolute atomic E-state index is 12.3. The van der Waals surface area contributed by atoms with E-state index in [0.717, 1.165) is 34.2 Å². The summed E-state index contributed by atoms with van der Waals surface area (Å²) in [7, 11) is 1.44. The van der Waals surface area contributed by atoms with Crippen molar-refractivity contribution >= 4 is 40.6 Å². The molecule has 1 fully saturated rings. The van der Waals surface area contributed by atoms with Gasteiger partial charge in [0.25, 0.3) is 17.1 Å². The summed E-state index contributed by atoms with van der Waals surface area (Å²) >= 11 is 0.880.